The number of aliphatic hydroxyl groups excluding tert-OH is 3. The lowest BCUT2D eigenvalue weighted by Gasteiger charge is -2.28. The molecule has 0 bridgehead atoms. The summed E-state index contributed by atoms with van der Waals surface area (Å²) in [5.41, 5.74) is 6.79. The second kappa shape index (κ2) is 7.40. The first-order chi connectivity index (χ1) is 13.5. The molecule has 1 saturated heterocycles. The number of nitrogen functional groups attached to an aromatic ring is 1. The van der Waals surface area contributed by atoms with Gasteiger partial charge in [0.2, 0.25) is 5.95 Å². The summed E-state index contributed by atoms with van der Waals surface area (Å²) in [5.74, 6) is 0.231. The van der Waals surface area contributed by atoms with Crippen molar-refractivity contribution < 1.29 is 20.1 Å². The summed E-state index contributed by atoms with van der Waals surface area (Å²) in [7, 11) is 0. The monoisotopic (exact) mass is 389 g/mol. The minimum Gasteiger partial charge on any atom is -0.394 e. The van der Waals surface area contributed by atoms with Crippen LogP contribution in [0.5, 0.6) is 0 Å². The molecule has 1 aromatic heterocycles. The fraction of sp³-hybridized carbons (Fsp3) is 0.444. The molecular weight excluding hydrogens is 366 g/mol. The second-order valence-corrected chi connectivity index (χ2v) is 6.96. The standard InChI is InChI=1S/C18H23N5O5/c19-18-20-15-12(16(27)21-18)22(7-6-10-4-2-1-3-5-10)9-23(15)17-14(26)13(25)11(8-24)28-17/h1-5,11,13-14,17,24-26H,6-9H2,(H3,19,20,21,27)/t11-,13-,14-,17-/m1/s1. The van der Waals surface area contributed by atoms with Gasteiger partial charge in [-0.3, -0.25) is 9.78 Å². The third-order valence-corrected chi connectivity index (χ3v) is 5.14. The van der Waals surface area contributed by atoms with Gasteiger partial charge in [-0.05, 0) is 12.0 Å². The number of hydrogen-bond acceptors (Lipinski definition) is 9. The highest BCUT2D eigenvalue weighted by molar-refractivity contribution is 5.73. The van der Waals surface area contributed by atoms with Gasteiger partial charge in [0.25, 0.3) is 5.56 Å². The Labute approximate surface area is 160 Å². The Morgan fingerprint density at radius 3 is 2.68 bits per heavy atom. The van der Waals surface area contributed by atoms with Gasteiger partial charge in [-0.25, -0.2) is 0 Å². The predicted octanol–water partition coefficient (Wildman–Crippen LogP) is -1.38. The van der Waals surface area contributed by atoms with Crippen LogP contribution in [0.1, 0.15) is 5.56 Å². The number of aliphatic hydroxyl groups is 3. The number of aromatic nitrogens is 2. The van der Waals surface area contributed by atoms with Crippen LogP contribution in [0.25, 0.3) is 0 Å². The van der Waals surface area contributed by atoms with E-state index in [9.17, 15) is 20.1 Å². The van der Waals surface area contributed by atoms with E-state index in [4.69, 9.17) is 10.5 Å². The Balaban J connectivity index is 1.63. The fourth-order valence-electron chi connectivity index (χ4n) is 3.71. The van der Waals surface area contributed by atoms with Crippen LogP contribution in [0.3, 0.4) is 0 Å². The molecule has 2 aliphatic heterocycles. The lowest BCUT2D eigenvalue weighted by Crippen LogP contribution is -2.46. The Bertz CT molecular complexity index is 892. The Kier molecular flexibility index (Phi) is 4.94. The Morgan fingerprint density at radius 1 is 1.25 bits per heavy atom. The molecule has 4 rings (SSSR count). The van der Waals surface area contributed by atoms with Crippen molar-refractivity contribution in [1.29, 1.82) is 0 Å². The maximum atomic E-state index is 12.5. The Hall–Kier alpha value is -2.66. The molecular formula is C18H23N5O5. The molecule has 28 heavy (non-hydrogen) atoms. The van der Waals surface area contributed by atoms with E-state index in [1.807, 2.05) is 35.2 Å². The Morgan fingerprint density at radius 2 is 2.00 bits per heavy atom. The van der Waals surface area contributed by atoms with Crippen molar-refractivity contribution in [2.75, 3.05) is 35.4 Å². The molecule has 1 aromatic carbocycles. The van der Waals surface area contributed by atoms with Crippen molar-refractivity contribution in [2.45, 2.75) is 31.0 Å². The molecule has 0 radical (unpaired) electrons. The largest absolute Gasteiger partial charge is 0.394 e. The summed E-state index contributed by atoms with van der Waals surface area (Å²) in [4.78, 5) is 22.7. The van der Waals surface area contributed by atoms with E-state index < -0.39 is 31.1 Å². The maximum Gasteiger partial charge on any atom is 0.278 e. The number of aromatic amines is 1. The summed E-state index contributed by atoms with van der Waals surface area (Å²) in [6.07, 6.45) is -3.67. The molecule has 10 nitrogen and oxygen atoms in total. The summed E-state index contributed by atoms with van der Waals surface area (Å²) in [6.45, 7) is 0.337. The van der Waals surface area contributed by atoms with Gasteiger partial charge in [0.05, 0.1) is 13.3 Å². The quantitative estimate of drug-likeness (QED) is 0.417. The number of H-pyrrole nitrogens is 1. The van der Waals surface area contributed by atoms with Crippen LogP contribution in [0.2, 0.25) is 0 Å². The van der Waals surface area contributed by atoms with Gasteiger partial charge in [-0.1, -0.05) is 30.3 Å². The smallest absolute Gasteiger partial charge is 0.278 e. The normalized spacial score (nSPS) is 26.7. The van der Waals surface area contributed by atoms with Gasteiger partial charge in [0.15, 0.2) is 12.0 Å². The molecule has 0 saturated carbocycles. The summed E-state index contributed by atoms with van der Waals surface area (Å²) in [6, 6.07) is 9.86. The molecule has 0 spiro atoms. The lowest BCUT2D eigenvalue weighted by molar-refractivity contribution is -0.0222. The number of nitrogens with two attached hydrogens (primary N) is 1. The van der Waals surface area contributed by atoms with Crippen LogP contribution in [0, 0.1) is 0 Å². The number of nitrogens with zero attached hydrogens (tertiary/aromatic N) is 3. The molecule has 0 aliphatic carbocycles. The van der Waals surface area contributed by atoms with E-state index >= 15 is 0 Å². The number of benzene rings is 1. The third kappa shape index (κ3) is 3.20. The molecule has 2 aliphatic rings. The van der Waals surface area contributed by atoms with Crippen molar-refractivity contribution in [3.63, 3.8) is 0 Å². The molecule has 0 unspecified atom stereocenters. The van der Waals surface area contributed by atoms with Crippen molar-refractivity contribution in [2.24, 2.45) is 0 Å². The zero-order valence-corrected chi connectivity index (χ0v) is 15.1. The lowest BCUT2D eigenvalue weighted by atomic mass is 10.1. The minimum absolute atomic E-state index is 0.0506. The first-order valence-corrected chi connectivity index (χ1v) is 9.07. The van der Waals surface area contributed by atoms with Gasteiger partial charge in [0.1, 0.15) is 24.0 Å². The van der Waals surface area contributed by atoms with Gasteiger partial charge >= 0.3 is 0 Å². The molecule has 10 heteroatoms. The van der Waals surface area contributed by atoms with Crippen LogP contribution in [0.15, 0.2) is 35.1 Å². The van der Waals surface area contributed by atoms with Crippen LogP contribution in [-0.4, -0.2) is 69.6 Å². The highest BCUT2D eigenvalue weighted by Gasteiger charge is 2.48. The maximum absolute atomic E-state index is 12.5. The topological polar surface area (TPSA) is 148 Å². The minimum atomic E-state index is -1.26. The fourth-order valence-corrected chi connectivity index (χ4v) is 3.71. The summed E-state index contributed by atoms with van der Waals surface area (Å²) in [5, 5.41) is 29.8. The zero-order valence-electron chi connectivity index (χ0n) is 15.1. The molecule has 4 atom stereocenters. The van der Waals surface area contributed by atoms with Crippen LogP contribution < -0.4 is 21.1 Å². The van der Waals surface area contributed by atoms with E-state index in [0.717, 1.165) is 5.56 Å². The van der Waals surface area contributed by atoms with Crippen molar-refractivity contribution in [3.8, 4) is 0 Å². The first-order valence-electron chi connectivity index (χ1n) is 9.07. The van der Waals surface area contributed by atoms with E-state index in [2.05, 4.69) is 9.97 Å². The molecule has 150 valence electrons. The zero-order chi connectivity index (χ0) is 19.8. The predicted molar refractivity (Wildman–Crippen MR) is 102 cm³/mol. The van der Waals surface area contributed by atoms with Crippen LogP contribution >= 0.6 is 0 Å². The second-order valence-electron chi connectivity index (χ2n) is 6.96. The molecule has 2 aromatic rings. The number of ether oxygens (including phenoxy) is 1. The average molecular weight is 389 g/mol. The highest BCUT2D eigenvalue weighted by atomic mass is 16.6. The van der Waals surface area contributed by atoms with E-state index in [0.29, 0.717) is 18.7 Å². The molecule has 0 amide bonds. The first kappa shape index (κ1) is 18.7. The van der Waals surface area contributed by atoms with Gasteiger partial charge < -0.3 is 35.6 Å². The number of fused-ring (bicyclic) bond motifs is 1. The van der Waals surface area contributed by atoms with Gasteiger partial charge in [-0.2, -0.15) is 4.98 Å². The number of rotatable bonds is 5. The van der Waals surface area contributed by atoms with Crippen LogP contribution in [0.4, 0.5) is 17.5 Å². The number of nitrogens with one attached hydrogen (secondary N) is 1. The number of anilines is 3. The number of hydrogen-bond donors (Lipinski definition) is 5. The van der Waals surface area contributed by atoms with Crippen molar-refractivity contribution >= 4 is 17.5 Å². The van der Waals surface area contributed by atoms with E-state index in [-0.39, 0.29) is 24.0 Å². The summed E-state index contributed by atoms with van der Waals surface area (Å²) >= 11 is 0. The average Bonchev–Trinajstić information content (AvgIpc) is 3.19. The highest BCUT2D eigenvalue weighted by Crippen LogP contribution is 2.36. The van der Waals surface area contributed by atoms with Crippen LogP contribution in [-0.2, 0) is 11.2 Å². The third-order valence-electron chi connectivity index (χ3n) is 5.14. The van der Waals surface area contributed by atoms with Gasteiger partial charge in [0, 0.05) is 6.54 Å². The molecule has 1 fully saturated rings. The summed E-state index contributed by atoms with van der Waals surface area (Å²) < 4.78 is 5.62. The van der Waals surface area contributed by atoms with E-state index in [1.165, 1.54) is 0 Å². The van der Waals surface area contributed by atoms with E-state index in [1.54, 1.807) is 4.90 Å². The van der Waals surface area contributed by atoms with Crippen molar-refractivity contribution in [1.82, 2.24) is 9.97 Å². The SMILES string of the molecule is Nc1nc2c(c(=O)[nH]1)N(CCc1ccccc1)CN2[C@@H]1O[C@H](CO)[C@@H](O)[C@H]1O. The molecule has 3 heterocycles. The molecule has 6 N–H and O–H groups in total. The van der Waals surface area contributed by atoms with Crippen molar-refractivity contribution in [3.05, 3.63) is 46.2 Å². The van der Waals surface area contributed by atoms with Gasteiger partial charge in [-0.15, -0.1) is 0 Å².